The Balaban J connectivity index is 0.00000176. The van der Waals surface area contributed by atoms with E-state index < -0.39 is 0 Å². The van der Waals surface area contributed by atoms with Gasteiger partial charge in [-0.25, -0.2) is 13.9 Å². The molecule has 0 spiro atoms. The minimum Gasteiger partial charge on any atom is -0.371 e. The molecule has 2 amide bonds. The molecule has 11 heteroatoms. The van der Waals surface area contributed by atoms with Crippen LogP contribution < -0.4 is 10.6 Å². The first-order chi connectivity index (χ1) is 19.4. The molecule has 222 valence electrons. The van der Waals surface area contributed by atoms with Gasteiger partial charge in [0.1, 0.15) is 11.5 Å². The molecule has 3 aliphatic rings. The topological polar surface area (TPSA) is 96.8 Å². The molecule has 0 bridgehead atoms. The van der Waals surface area contributed by atoms with Crippen LogP contribution >= 0.6 is 24.8 Å². The molecule has 5 heterocycles. The molecule has 42 heavy (non-hydrogen) atoms. The van der Waals surface area contributed by atoms with Gasteiger partial charge in [0.15, 0.2) is 5.65 Å². The summed E-state index contributed by atoms with van der Waals surface area (Å²) in [6.07, 6.45) is 4.15. The highest BCUT2D eigenvalue weighted by Gasteiger charge is 2.33. The first-order valence-corrected chi connectivity index (χ1v) is 14.8. The van der Waals surface area contributed by atoms with E-state index in [0.717, 1.165) is 43.6 Å². The summed E-state index contributed by atoms with van der Waals surface area (Å²) in [5.74, 6) is -0.221. The second-order valence-electron chi connectivity index (χ2n) is 11.3. The van der Waals surface area contributed by atoms with Crippen molar-refractivity contribution < 1.29 is 14.0 Å². The summed E-state index contributed by atoms with van der Waals surface area (Å²) in [5, 5.41) is 6.85. The molecule has 4 aromatic rings. The number of carbonyl (C=O) groups excluding carboxylic acids is 2. The molecule has 3 aromatic heterocycles. The van der Waals surface area contributed by atoms with Gasteiger partial charge < -0.3 is 15.5 Å². The lowest BCUT2D eigenvalue weighted by Crippen LogP contribution is -2.38. The molecular weight excluding hydrogens is 572 g/mol. The van der Waals surface area contributed by atoms with Gasteiger partial charge in [0.05, 0.1) is 11.7 Å². The van der Waals surface area contributed by atoms with E-state index in [-0.39, 0.29) is 50.5 Å². The molecule has 2 atom stereocenters. The van der Waals surface area contributed by atoms with Crippen LogP contribution in [0.2, 0.25) is 0 Å². The van der Waals surface area contributed by atoms with Crippen molar-refractivity contribution in [3.63, 3.8) is 0 Å². The summed E-state index contributed by atoms with van der Waals surface area (Å²) in [5.41, 5.74) is 10.2. The van der Waals surface area contributed by atoms with Gasteiger partial charge in [0.25, 0.3) is 5.91 Å². The average Bonchev–Trinajstić information content (AvgIpc) is 3.29. The predicted octanol–water partition coefficient (Wildman–Crippen LogP) is 5.68. The first-order valence-electron chi connectivity index (χ1n) is 14.0. The van der Waals surface area contributed by atoms with Crippen LogP contribution in [-0.4, -0.2) is 50.9 Å². The fourth-order valence-electron chi connectivity index (χ4n) is 6.27. The maximum atomic E-state index is 15.5. The molecule has 1 saturated carbocycles. The van der Waals surface area contributed by atoms with Crippen molar-refractivity contribution in [3.05, 3.63) is 69.4 Å². The van der Waals surface area contributed by atoms with Crippen LogP contribution in [0, 0.1) is 11.7 Å². The smallest absolute Gasteiger partial charge is 0.273 e. The standard InChI is InChI=1S/C30H31FN6O2S.CH4.H2S/c1-17-21-8-11-40-27(21)7-10-36(17)30(39)25-14-26(19-2-3-19)37-29(33-25)15-24(34-37)22-5-4-20(13-23(22)31)35-9-6-18(16-35)12-28(32)38;;/h4-5,8,11,13-15,17-19H,2-3,6-7,9-10,12,16H2,1H3,(H2,32,38);1H4;1H2/t17-,18+;;/m1../s1. The summed E-state index contributed by atoms with van der Waals surface area (Å²) in [6, 6.07) is 11.0. The monoisotopic (exact) mass is 608 g/mol. The van der Waals surface area contributed by atoms with Crippen molar-refractivity contribution in [1.82, 2.24) is 19.5 Å². The average molecular weight is 609 g/mol. The van der Waals surface area contributed by atoms with Crippen molar-refractivity contribution in [3.8, 4) is 11.3 Å². The number of anilines is 1. The maximum absolute atomic E-state index is 15.5. The Morgan fingerprint density at radius 3 is 2.67 bits per heavy atom. The molecule has 0 unspecified atom stereocenters. The zero-order valence-electron chi connectivity index (χ0n) is 22.8. The van der Waals surface area contributed by atoms with Gasteiger partial charge in [-0.05, 0) is 79.8 Å². The number of hydrogen-bond acceptors (Lipinski definition) is 6. The quantitative estimate of drug-likeness (QED) is 0.304. The number of hydrogen-bond donors (Lipinski definition) is 1. The number of amides is 2. The molecule has 1 aliphatic carbocycles. The van der Waals surface area contributed by atoms with Crippen LogP contribution in [0.15, 0.2) is 41.8 Å². The van der Waals surface area contributed by atoms with E-state index in [1.807, 2.05) is 17.0 Å². The lowest BCUT2D eigenvalue weighted by Gasteiger charge is -2.33. The summed E-state index contributed by atoms with van der Waals surface area (Å²) in [4.78, 5) is 35.1. The lowest BCUT2D eigenvalue weighted by molar-refractivity contribution is -0.118. The first kappa shape index (κ1) is 30.0. The third-order valence-electron chi connectivity index (χ3n) is 8.58. The van der Waals surface area contributed by atoms with Crippen LogP contribution in [-0.2, 0) is 11.2 Å². The van der Waals surface area contributed by atoms with Crippen LogP contribution in [0.1, 0.15) is 78.6 Å². The largest absolute Gasteiger partial charge is 0.371 e. The zero-order chi connectivity index (χ0) is 27.5. The van der Waals surface area contributed by atoms with E-state index in [1.54, 1.807) is 28.0 Å². The van der Waals surface area contributed by atoms with Crippen molar-refractivity contribution in [2.24, 2.45) is 11.7 Å². The molecule has 8 nitrogen and oxygen atoms in total. The Bertz CT molecular complexity index is 1650. The molecule has 2 fully saturated rings. The van der Waals surface area contributed by atoms with Gasteiger partial charge in [0.2, 0.25) is 5.91 Å². The number of benzene rings is 1. The van der Waals surface area contributed by atoms with Gasteiger partial charge in [0, 0.05) is 59.9 Å². The van der Waals surface area contributed by atoms with Crippen LogP contribution in [0.5, 0.6) is 0 Å². The van der Waals surface area contributed by atoms with Crippen LogP contribution in [0.4, 0.5) is 10.1 Å². The van der Waals surface area contributed by atoms with Gasteiger partial charge in [-0.15, -0.1) is 11.3 Å². The Hall–Kier alpha value is -3.44. The van der Waals surface area contributed by atoms with E-state index >= 15 is 4.39 Å². The lowest BCUT2D eigenvalue weighted by atomic mass is 10.0. The molecule has 2 aliphatic heterocycles. The molecule has 1 saturated heterocycles. The number of nitrogens with two attached hydrogens (primary N) is 1. The normalized spacial score (nSPS) is 19.8. The predicted molar refractivity (Wildman–Crippen MR) is 169 cm³/mol. The number of aromatic nitrogens is 3. The Kier molecular flexibility index (Phi) is 8.35. The number of halogens is 1. The van der Waals surface area contributed by atoms with E-state index in [1.165, 1.54) is 16.5 Å². The van der Waals surface area contributed by atoms with E-state index in [9.17, 15) is 9.59 Å². The second kappa shape index (κ2) is 11.7. The van der Waals surface area contributed by atoms with Gasteiger partial charge in [-0.1, -0.05) is 7.43 Å². The highest BCUT2D eigenvalue weighted by molar-refractivity contribution is 7.59. The number of thiophene rings is 1. The van der Waals surface area contributed by atoms with Gasteiger partial charge in [-0.3, -0.25) is 9.59 Å². The minimum absolute atomic E-state index is 0. The second-order valence-corrected chi connectivity index (χ2v) is 12.3. The van der Waals surface area contributed by atoms with Crippen LogP contribution in [0.3, 0.4) is 0 Å². The fraction of sp³-hybridized carbons (Fsp3) is 0.419. The van der Waals surface area contributed by atoms with Crippen molar-refractivity contribution in [2.45, 2.75) is 58.4 Å². The van der Waals surface area contributed by atoms with E-state index in [2.05, 4.69) is 23.3 Å². The molecule has 0 radical (unpaired) electrons. The summed E-state index contributed by atoms with van der Waals surface area (Å²) in [7, 11) is 0. The Morgan fingerprint density at radius 1 is 1.12 bits per heavy atom. The highest BCUT2D eigenvalue weighted by Crippen LogP contribution is 2.41. The third-order valence-corrected chi connectivity index (χ3v) is 9.57. The number of nitrogens with zero attached hydrogens (tertiary/aromatic N) is 5. The molecular formula is C31H37FN6O2S2. The number of rotatable bonds is 6. The minimum atomic E-state index is -0.364. The van der Waals surface area contributed by atoms with Crippen molar-refractivity contribution >= 4 is 48.0 Å². The van der Waals surface area contributed by atoms with Gasteiger partial charge >= 0.3 is 0 Å². The fourth-order valence-corrected chi connectivity index (χ4v) is 7.23. The summed E-state index contributed by atoms with van der Waals surface area (Å²) < 4.78 is 17.2. The van der Waals surface area contributed by atoms with Gasteiger partial charge in [-0.2, -0.15) is 18.6 Å². The number of carbonyl (C=O) groups is 2. The van der Waals surface area contributed by atoms with Crippen molar-refractivity contribution in [1.29, 1.82) is 0 Å². The number of primary amides is 1. The summed E-state index contributed by atoms with van der Waals surface area (Å²) >= 11 is 1.75. The summed E-state index contributed by atoms with van der Waals surface area (Å²) in [6.45, 7) is 4.19. The third kappa shape index (κ3) is 5.40. The Labute approximate surface area is 256 Å². The maximum Gasteiger partial charge on any atom is 0.273 e. The van der Waals surface area contributed by atoms with E-state index in [0.29, 0.717) is 48.0 Å². The van der Waals surface area contributed by atoms with E-state index in [4.69, 9.17) is 15.8 Å². The van der Waals surface area contributed by atoms with Crippen molar-refractivity contribution in [2.75, 3.05) is 24.5 Å². The molecule has 7 rings (SSSR count). The molecule has 1 aromatic carbocycles. The highest BCUT2D eigenvalue weighted by atomic mass is 32.1. The molecule has 2 N–H and O–H groups in total. The SMILES string of the molecule is C.C[C@@H]1c2ccsc2CCN1C(=O)c1cc(C2CC2)n2nc(-c3ccc(N4CC[C@@H](CC(N)=O)C4)cc3F)cc2n1.S. The Morgan fingerprint density at radius 2 is 1.93 bits per heavy atom. The zero-order valence-corrected chi connectivity index (χ0v) is 24.7. The van der Waals surface area contributed by atoms with Crippen LogP contribution in [0.25, 0.3) is 16.9 Å². The number of fused-ring (bicyclic) bond motifs is 2.